The van der Waals surface area contributed by atoms with Crippen LogP contribution >= 0.6 is 0 Å². The summed E-state index contributed by atoms with van der Waals surface area (Å²) in [7, 11) is 4.94. The molecule has 0 aromatic heterocycles. The predicted octanol–water partition coefficient (Wildman–Crippen LogP) is 1.70. The van der Waals surface area contributed by atoms with Gasteiger partial charge in [0, 0.05) is 29.7 Å². The van der Waals surface area contributed by atoms with Crippen molar-refractivity contribution in [3.8, 4) is 17.2 Å². The van der Waals surface area contributed by atoms with Crippen LogP contribution in [0.15, 0.2) is 12.1 Å². The van der Waals surface area contributed by atoms with E-state index >= 15 is 0 Å². The molecule has 0 spiro atoms. The molecule has 17 heavy (non-hydrogen) atoms. The van der Waals surface area contributed by atoms with Gasteiger partial charge in [-0.25, -0.2) is 0 Å². The molecule has 0 saturated heterocycles. The van der Waals surface area contributed by atoms with Gasteiger partial charge in [0.2, 0.25) is 0 Å². The van der Waals surface area contributed by atoms with E-state index in [-0.39, 0.29) is 5.41 Å². The van der Waals surface area contributed by atoms with Gasteiger partial charge in [0.25, 0.3) is 0 Å². The average molecular weight is 237 g/mol. The molecule has 1 aliphatic rings. The third-order valence-electron chi connectivity index (χ3n) is 3.49. The van der Waals surface area contributed by atoms with Crippen LogP contribution in [-0.4, -0.2) is 27.9 Å². The van der Waals surface area contributed by atoms with Gasteiger partial charge in [-0.15, -0.1) is 0 Å². The van der Waals surface area contributed by atoms with Crippen LogP contribution in [0.5, 0.6) is 17.2 Å². The highest BCUT2D eigenvalue weighted by Crippen LogP contribution is 2.54. The minimum Gasteiger partial charge on any atom is -0.496 e. The number of hydrogen-bond donors (Lipinski definition) is 1. The normalized spacial score (nSPS) is 16.5. The van der Waals surface area contributed by atoms with Crippen LogP contribution in [0.1, 0.15) is 18.4 Å². The zero-order chi connectivity index (χ0) is 12.5. The van der Waals surface area contributed by atoms with Gasteiger partial charge in [0.1, 0.15) is 17.2 Å². The van der Waals surface area contributed by atoms with Gasteiger partial charge in [-0.3, -0.25) is 0 Å². The van der Waals surface area contributed by atoms with Crippen molar-refractivity contribution in [2.24, 2.45) is 5.73 Å². The van der Waals surface area contributed by atoms with E-state index in [9.17, 15) is 0 Å². The molecule has 4 nitrogen and oxygen atoms in total. The predicted molar refractivity (Wildman–Crippen MR) is 66.1 cm³/mol. The first-order chi connectivity index (χ1) is 8.20. The van der Waals surface area contributed by atoms with E-state index in [0.29, 0.717) is 6.54 Å². The lowest BCUT2D eigenvalue weighted by Gasteiger charge is -2.21. The molecule has 0 atom stereocenters. The summed E-state index contributed by atoms with van der Waals surface area (Å²) < 4.78 is 16.1. The highest BCUT2D eigenvalue weighted by molar-refractivity contribution is 5.56. The largest absolute Gasteiger partial charge is 0.496 e. The monoisotopic (exact) mass is 237 g/mol. The summed E-state index contributed by atoms with van der Waals surface area (Å²) in [5, 5.41) is 0. The third kappa shape index (κ3) is 1.93. The molecule has 1 aromatic carbocycles. The van der Waals surface area contributed by atoms with Crippen LogP contribution in [0.3, 0.4) is 0 Å². The second-order valence-electron chi connectivity index (χ2n) is 4.39. The lowest BCUT2D eigenvalue weighted by molar-refractivity contribution is 0.362. The Labute approximate surface area is 102 Å². The zero-order valence-electron chi connectivity index (χ0n) is 10.6. The van der Waals surface area contributed by atoms with Gasteiger partial charge in [-0.05, 0) is 12.8 Å². The van der Waals surface area contributed by atoms with Crippen LogP contribution in [0.2, 0.25) is 0 Å². The maximum atomic E-state index is 5.88. The second-order valence-corrected chi connectivity index (χ2v) is 4.39. The van der Waals surface area contributed by atoms with E-state index in [2.05, 4.69) is 0 Å². The Kier molecular flexibility index (Phi) is 3.15. The lowest BCUT2D eigenvalue weighted by atomic mass is 9.93. The Bertz CT molecular complexity index is 388. The van der Waals surface area contributed by atoms with Crippen LogP contribution in [-0.2, 0) is 5.41 Å². The molecule has 0 amide bonds. The van der Waals surface area contributed by atoms with Crippen molar-refractivity contribution < 1.29 is 14.2 Å². The van der Waals surface area contributed by atoms with Crippen molar-refractivity contribution >= 4 is 0 Å². The first kappa shape index (κ1) is 12.0. The molecular weight excluding hydrogens is 218 g/mol. The molecule has 2 rings (SSSR count). The van der Waals surface area contributed by atoms with Crippen molar-refractivity contribution in [2.45, 2.75) is 18.3 Å². The lowest BCUT2D eigenvalue weighted by Crippen LogP contribution is -2.21. The summed E-state index contributed by atoms with van der Waals surface area (Å²) in [5.41, 5.74) is 6.98. The van der Waals surface area contributed by atoms with Crippen LogP contribution in [0.4, 0.5) is 0 Å². The first-order valence-electron chi connectivity index (χ1n) is 5.71. The molecule has 1 aromatic rings. The number of benzene rings is 1. The van der Waals surface area contributed by atoms with Gasteiger partial charge in [0.05, 0.1) is 21.3 Å². The van der Waals surface area contributed by atoms with Gasteiger partial charge in [-0.1, -0.05) is 0 Å². The molecule has 0 radical (unpaired) electrons. The molecule has 94 valence electrons. The Hall–Kier alpha value is -1.42. The van der Waals surface area contributed by atoms with Crippen molar-refractivity contribution in [3.63, 3.8) is 0 Å². The first-order valence-corrected chi connectivity index (χ1v) is 5.71. The summed E-state index contributed by atoms with van der Waals surface area (Å²) in [6.07, 6.45) is 2.17. The molecule has 0 bridgehead atoms. The molecule has 4 heteroatoms. The van der Waals surface area contributed by atoms with E-state index < -0.39 is 0 Å². The SMILES string of the molecule is COc1cc(OC)c(C2(CN)CC2)c(OC)c1. The van der Waals surface area contributed by atoms with Gasteiger partial charge >= 0.3 is 0 Å². The minimum absolute atomic E-state index is 0.0307. The van der Waals surface area contributed by atoms with E-state index in [4.69, 9.17) is 19.9 Å². The second kappa shape index (κ2) is 4.45. The van der Waals surface area contributed by atoms with Crippen molar-refractivity contribution in [3.05, 3.63) is 17.7 Å². The smallest absolute Gasteiger partial charge is 0.130 e. The summed E-state index contributed by atoms with van der Waals surface area (Å²) in [4.78, 5) is 0. The van der Waals surface area contributed by atoms with Crippen LogP contribution in [0, 0.1) is 0 Å². The summed E-state index contributed by atoms with van der Waals surface area (Å²) in [5.74, 6) is 2.32. The third-order valence-corrected chi connectivity index (χ3v) is 3.49. The Morgan fingerprint density at radius 1 is 1.06 bits per heavy atom. The fourth-order valence-electron chi connectivity index (χ4n) is 2.24. The van der Waals surface area contributed by atoms with Gasteiger partial charge in [0.15, 0.2) is 0 Å². The molecule has 1 saturated carbocycles. The van der Waals surface area contributed by atoms with Crippen molar-refractivity contribution in [1.82, 2.24) is 0 Å². The molecule has 0 heterocycles. The van der Waals surface area contributed by atoms with E-state index in [1.807, 2.05) is 12.1 Å². The minimum atomic E-state index is 0.0307. The molecule has 0 aliphatic heterocycles. The molecule has 0 unspecified atom stereocenters. The number of ether oxygens (including phenoxy) is 3. The topological polar surface area (TPSA) is 53.7 Å². The molecular formula is C13H19NO3. The quantitative estimate of drug-likeness (QED) is 0.847. The van der Waals surface area contributed by atoms with Crippen LogP contribution in [0.25, 0.3) is 0 Å². The molecule has 2 N–H and O–H groups in total. The fraction of sp³-hybridized carbons (Fsp3) is 0.538. The summed E-state index contributed by atoms with van der Waals surface area (Å²) >= 11 is 0. The maximum Gasteiger partial charge on any atom is 0.130 e. The summed E-state index contributed by atoms with van der Waals surface area (Å²) in [6.45, 7) is 0.617. The molecule has 1 aliphatic carbocycles. The van der Waals surface area contributed by atoms with Gasteiger partial charge < -0.3 is 19.9 Å². The Balaban J connectivity index is 2.55. The highest BCUT2D eigenvalue weighted by Gasteiger charge is 2.47. The fourth-order valence-corrected chi connectivity index (χ4v) is 2.24. The molecule has 1 fully saturated rings. The van der Waals surface area contributed by atoms with Crippen molar-refractivity contribution in [1.29, 1.82) is 0 Å². The zero-order valence-corrected chi connectivity index (χ0v) is 10.6. The summed E-state index contributed by atoms with van der Waals surface area (Å²) in [6, 6.07) is 3.77. The number of rotatable bonds is 5. The van der Waals surface area contributed by atoms with E-state index in [0.717, 1.165) is 35.7 Å². The number of hydrogen-bond acceptors (Lipinski definition) is 4. The standard InChI is InChI=1S/C13H19NO3/c1-15-9-6-10(16-2)12(11(7-9)17-3)13(8-14)4-5-13/h6-7H,4-5,8,14H2,1-3H3. The van der Waals surface area contributed by atoms with Gasteiger partial charge in [-0.2, -0.15) is 0 Å². The Morgan fingerprint density at radius 3 is 1.88 bits per heavy atom. The average Bonchev–Trinajstić information content (AvgIpc) is 3.17. The van der Waals surface area contributed by atoms with Crippen molar-refractivity contribution in [2.75, 3.05) is 27.9 Å². The number of methoxy groups -OCH3 is 3. The maximum absolute atomic E-state index is 5.88. The highest BCUT2D eigenvalue weighted by atomic mass is 16.5. The number of nitrogens with two attached hydrogens (primary N) is 1. The van der Waals surface area contributed by atoms with Crippen LogP contribution < -0.4 is 19.9 Å². The van der Waals surface area contributed by atoms with E-state index in [1.165, 1.54) is 0 Å². The Morgan fingerprint density at radius 2 is 1.59 bits per heavy atom. The van der Waals surface area contributed by atoms with E-state index in [1.54, 1.807) is 21.3 Å².